The van der Waals surface area contributed by atoms with E-state index in [1.165, 1.54) is 86.5 Å². The Morgan fingerprint density at radius 3 is 1.74 bits per heavy atom. The predicted molar refractivity (Wildman–Crippen MR) is 122 cm³/mol. The van der Waals surface area contributed by atoms with Gasteiger partial charge in [0.05, 0.1) is 0 Å². The van der Waals surface area contributed by atoms with Crippen molar-refractivity contribution in [2.75, 3.05) is 0 Å². The van der Waals surface area contributed by atoms with Crippen molar-refractivity contribution < 1.29 is 0 Å². The Hall–Kier alpha value is -1.82. The number of rotatable bonds is 12. The molecule has 0 amide bonds. The van der Waals surface area contributed by atoms with E-state index >= 15 is 0 Å². The lowest BCUT2D eigenvalue weighted by Gasteiger charge is -2.12. The molecule has 0 atom stereocenters. The number of hydrogen-bond acceptors (Lipinski definition) is 0. The van der Waals surface area contributed by atoms with Crippen molar-refractivity contribution in [1.82, 2.24) is 0 Å². The second-order valence-corrected chi connectivity index (χ2v) is 8.02. The van der Waals surface area contributed by atoms with Gasteiger partial charge < -0.3 is 0 Å². The molecule has 0 aliphatic carbocycles. The summed E-state index contributed by atoms with van der Waals surface area (Å²) in [4.78, 5) is 0. The molecule has 0 nitrogen and oxygen atoms in total. The standard InChI is InChI=1S/C27H38/c1-5-7-8-11-14-26-20-23(4)27(21-22(26)3)15-12-9-10-13-25-18-16-24(6-2)17-19-25/h6,16-21H,2,5,7-15H2,1,3-4H3. The van der Waals surface area contributed by atoms with E-state index in [1.807, 2.05) is 6.08 Å². The van der Waals surface area contributed by atoms with Crippen LogP contribution < -0.4 is 0 Å². The molecule has 146 valence electrons. The third-order valence-electron chi connectivity index (χ3n) is 5.72. The number of aryl methyl sites for hydroxylation is 5. The monoisotopic (exact) mass is 362 g/mol. The van der Waals surface area contributed by atoms with E-state index in [0.717, 1.165) is 0 Å². The van der Waals surface area contributed by atoms with Crippen molar-refractivity contribution in [2.24, 2.45) is 0 Å². The third-order valence-corrected chi connectivity index (χ3v) is 5.72. The minimum Gasteiger partial charge on any atom is -0.0985 e. The van der Waals surface area contributed by atoms with E-state index in [-0.39, 0.29) is 0 Å². The van der Waals surface area contributed by atoms with E-state index < -0.39 is 0 Å². The summed E-state index contributed by atoms with van der Waals surface area (Å²) in [5.74, 6) is 0. The normalized spacial score (nSPS) is 10.9. The summed E-state index contributed by atoms with van der Waals surface area (Å²) in [5.41, 5.74) is 8.76. The molecule has 0 N–H and O–H groups in total. The van der Waals surface area contributed by atoms with Crippen LogP contribution in [0.15, 0.2) is 43.0 Å². The van der Waals surface area contributed by atoms with Crippen LogP contribution in [-0.2, 0) is 19.3 Å². The fourth-order valence-electron chi connectivity index (χ4n) is 3.86. The topological polar surface area (TPSA) is 0 Å². The van der Waals surface area contributed by atoms with Gasteiger partial charge in [0.2, 0.25) is 0 Å². The molecular formula is C27H38. The maximum atomic E-state index is 3.82. The molecule has 0 aliphatic heterocycles. The SMILES string of the molecule is C=Cc1ccc(CCCCCc2cc(C)c(CCCCCC)cc2C)cc1. The molecule has 0 heterocycles. The summed E-state index contributed by atoms with van der Waals surface area (Å²) >= 11 is 0. The van der Waals surface area contributed by atoms with Gasteiger partial charge in [-0.3, -0.25) is 0 Å². The highest BCUT2D eigenvalue weighted by atomic mass is 14.1. The number of benzene rings is 2. The third kappa shape index (κ3) is 7.37. The molecule has 0 aliphatic rings. The zero-order valence-corrected chi connectivity index (χ0v) is 17.8. The van der Waals surface area contributed by atoms with Crippen LogP contribution in [-0.4, -0.2) is 0 Å². The van der Waals surface area contributed by atoms with Crippen LogP contribution in [0.3, 0.4) is 0 Å². The maximum absolute atomic E-state index is 3.82. The zero-order chi connectivity index (χ0) is 19.5. The lowest BCUT2D eigenvalue weighted by molar-refractivity contribution is 0.664. The summed E-state index contributed by atoms with van der Waals surface area (Å²) in [6.45, 7) is 10.7. The van der Waals surface area contributed by atoms with Crippen LogP contribution in [0, 0.1) is 13.8 Å². The molecule has 0 bridgehead atoms. The fourth-order valence-corrected chi connectivity index (χ4v) is 3.86. The van der Waals surface area contributed by atoms with Gasteiger partial charge >= 0.3 is 0 Å². The molecule has 0 unspecified atom stereocenters. The van der Waals surface area contributed by atoms with Gasteiger partial charge in [0.15, 0.2) is 0 Å². The summed E-state index contributed by atoms with van der Waals surface area (Å²) < 4.78 is 0. The Bertz CT molecular complexity index is 691. The first kappa shape index (κ1) is 21.5. The maximum Gasteiger partial charge on any atom is -0.0262 e. The lowest BCUT2D eigenvalue weighted by Crippen LogP contribution is -1.97. The van der Waals surface area contributed by atoms with E-state index in [9.17, 15) is 0 Å². The lowest BCUT2D eigenvalue weighted by atomic mass is 9.93. The van der Waals surface area contributed by atoms with Crippen LogP contribution in [0.4, 0.5) is 0 Å². The van der Waals surface area contributed by atoms with Gasteiger partial charge in [-0.05, 0) is 85.8 Å². The largest absolute Gasteiger partial charge is 0.0985 e. The first-order chi connectivity index (χ1) is 13.1. The summed E-state index contributed by atoms with van der Waals surface area (Å²) in [5, 5.41) is 0. The fraction of sp³-hybridized carbons (Fsp3) is 0.481. The van der Waals surface area contributed by atoms with Gasteiger partial charge in [-0.25, -0.2) is 0 Å². The van der Waals surface area contributed by atoms with Crippen LogP contribution >= 0.6 is 0 Å². The van der Waals surface area contributed by atoms with E-state index in [4.69, 9.17) is 0 Å². The van der Waals surface area contributed by atoms with Crippen molar-refractivity contribution in [2.45, 2.75) is 85.0 Å². The van der Waals surface area contributed by atoms with Crippen molar-refractivity contribution >= 4 is 6.08 Å². The molecule has 2 aromatic rings. The van der Waals surface area contributed by atoms with Crippen LogP contribution in [0.1, 0.15) is 85.3 Å². The molecule has 0 fully saturated rings. The summed E-state index contributed by atoms with van der Waals surface area (Å²) in [6, 6.07) is 13.7. The number of unbranched alkanes of at least 4 members (excludes halogenated alkanes) is 5. The Morgan fingerprint density at radius 1 is 0.704 bits per heavy atom. The smallest absolute Gasteiger partial charge is 0.0262 e. The molecule has 27 heavy (non-hydrogen) atoms. The van der Waals surface area contributed by atoms with Gasteiger partial charge in [-0.2, -0.15) is 0 Å². The molecule has 2 rings (SSSR count). The van der Waals surface area contributed by atoms with Gasteiger partial charge in [-0.15, -0.1) is 0 Å². The second-order valence-electron chi connectivity index (χ2n) is 8.02. The van der Waals surface area contributed by atoms with Gasteiger partial charge in [0.25, 0.3) is 0 Å². The zero-order valence-electron chi connectivity index (χ0n) is 17.8. The minimum atomic E-state index is 1.19. The van der Waals surface area contributed by atoms with E-state index in [0.29, 0.717) is 0 Å². The minimum absolute atomic E-state index is 1.19. The summed E-state index contributed by atoms with van der Waals surface area (Å²) in [7, 11) is 0. The average molecular weight is 363 g/mol. The Morgan fingerprint density at radius 2 is 1.22 bits per heavy atom. The first-order valence-corrected chi connectivity index (χ1v) is 10.9. The Balaban J connectivity index is 1.74. The Kier molecular flexibility index (Phi) is 9.39. The molecule has 2 aromatic carbocycles. The van der Waals surface area contributed by atoms with Crippen LogP contribution in [0.5, 0.6) is 0 Å². The van der Waals surface area contributed by atoms with Crippen LogP contribution in [0.25, 0.3) is 6.08 Å². The molecule has 0 aromatic heterocycles. The molecule has 0 saturated heterocycles. The highest BCUT2D eigenvalue weighted by Gasteiger charge is 2.05. The molecule has 0 spiro atoms. The Labute approximate surface area is 167 Å². The van der Waals surface area contributed by atoms with E-state index in [2.05, 4.69) is 63.7 Å². The van der Waals surface area contributed by atoms with Gasteiger partial charge in [0.1, 0.15) is 0 Å². The molecule has 0 radical (unpaired) electrons. The predicted octanol–water partition coefficient (Wildman–Crippen LogP) is 8.02. The molecular weight excluding hydrogens is 324 g/mol. The highest BCUT2D eigenvalue weighted by molar-refractivity contribution is 5.47. The van der Waals surface area contributed by atoms with Gasteiger partial charge in [-0.1, -0.05) is 81.7 Å². The van der Waals surface area contributed by atoms with Gasteiger partial charge in [0, 0.05) is 0 Å². The first-order valence-electron chi connectivity index (χ1n) is 10.9. The highest BCUT2D eigenvalue weighted by Crippen LogP contribution is 2.21. The van der Waals surface area contributed by atoms with E-state index in [1.54, 1.807) is 11.1 Å². The molecule has 0 heteroatoms. The van der Waals surface area contributed by atoms with Crippen LogP contribution in [0.2, 0.25) is 0 Å². The van der Waals surface area contributed by atoms with Crippen molar-refractivity contribution in [3.63, 3.8) is 0 Å². The van der Waals surface area contributed by atoms with Crippen molar-refractivity contribution in [3.05, 3.63) is 76.4 Å². The quantitative estimate of drug-likeness (QED) is 0.335. The van der Waals surface area contributed by atoms with Crippen molar-refractivity contribution in [1.29, 1.82) is 0 Å². The van der Waals surface area contributed by atoms with Crippen molar-refractivity contribution in [3.8, 4) is 0 Å². The number of hydrogen-bond donors (Lipinski definition) is 0. The second kappa shape index (κ2) is 11.8. The summed E-state index contributed by atoms with van der Waals surface area (Å²) in [6.07, 6.45) is 14.8. The molecule has 0 saturated carbocycles. The average Bonchev–Trinajstić information content (AvgIpc) is 2.68.